The van der Waals surface area contributed by atoms with Crippen LogP contribution in [0.3, 0.4) is 0 Å². The third kappa shape index (κ3) is 2.95. The Morgan fingerprint density at radius 3 is 2.44 bits per heavy atom. The van der Waals surface area contributed by atoms with Gasteiger partial charge in [0.25, 0.3) is 0 Å². The van der Waals surface area contributed by atoms with Crippen LogP contribution in [0.2, 0.25) is 0 Å². The minimum absolute atomic E-state index is 0.259. The topological polar surface area (TPSA) is 3.24 Å². The summed E-state index contributed by atoms with van der Waals surface area (Å²) in [6.45, 7) is 6.90. The lowest BCUT2D eigenvalue weighted by molar-refractivity contribution is 0.276. The van der Waals surface area contributed by atoms with E-state index < -0.39 is 0 Å². The van der Waals surface area contributed by atoms with Crippen LogP contribution in [0.4, 0.5) is 0 Å². The van der Waals surface area contributed by atoms with Crippen LogP contribution >= 0.6 is 0 Å². The molecule has 1 unspecified atom stereocenters. The standard InChI is InChI=1S/C17H27N/c1-17(2,3)15-10-9-13-7-6-8-16(18(4)5)12-14(13)11-15/h9-11,16H,6-8,12H2,1-5H3. The first kappa shape index (κ1) is 13.6. The average Bonchev–Trinajstić information content (AvgIpc) is 2.48. The lowest BCUT2D eigenvalue weighted by Crippen LogP contribution is -2.29. The quantitative estimate of drug-likeness (QED) is 0.680. The van der Waals surface area contributed by atoms with E-state index in [0.717, 1.165) is 0 Å². The molecule has 0 bridgehead atoms. The second kappa shape index (κ2) is 5.05. The van der Waals surface area contributed by atoms with Gasteiger partial charge in [0.05, 0.1) is 0 Å². The monoisotopic (exact) mass is 245 g/mol. The van der Waals surface area contributed by atoms with Gasteiger partial charge in [0.2, 0.25) is 0 Å². The molecule has 100 valence electrons. The van der Waals surface area contributed by atoms with Gasteiger partial charge < -0.3 is 4.90 Å². The van der Waals surface area contributed by atoms with Crippen LogP contribution in [0, 0.1) is 0 Å². The minimum atomic E-state index is 0.259. The molecule has 0 heterocycles. The highest BCUT2D eigenvalue weighted by atomic mass is 15.1. The zero-order chi connectivity index (χ0) is 13.3. The number of benzene rings is 1. The molecule has 0 fully saturated rings. The zero-order valence-corrected chi connectivity index (χ0v) is 12.6. The van der Waals surface area contributed by atoms with E-state index in [1.807, 2.05) is 0 Å². The highest BCUT2D eigenvalue weighted by molar-refractivity contribution is 5.36. The Kier molecular flexibility index (Phi) is 3.82. The van der Waals surface area contributed by atoms with Gasteiger partial charge in [-0.05, 0) is 61.9 Å². The molecule has 0 N–H and O–H groups in total. The molecule has 1 aromatic rings. The second-order valence-corrected chi connectivity index (χ2v) is 6.95. The lowest BCUT2D eigenvalue weighted by atomic mass is 9.84. The van der Waals surface area contributed by atoms with Crippen molar-refractivity contribution < 1.29 is 0 Å². The average molecular weight is 245 g/mol. The van der Waals surface area contributed by atoms with Gasteiger partial charge in [-0.2, -0.15) is 0 Å². The number of aryl methyl sites for hydroxylation is 1. The maximum Gasteiger partial charge on any atom is 0.0130 e. The smallest absolute Gasteiger partial charge is 0.0130 e. The van der Waals surface area contributed by atoms with Crippen molar-refractivity contribution in [3.63, 3.8) is 0 Å². The lowest BCUT2D eigenvalue weighted by Gasteiger charge is -2.24. The fourth-order valence-electron chi connectivity index (χ4n) is 2.85. The van der Waals surface area contributed by atoms with E-state index in [-0.39, 0.29) is 5.41 Å². The van der Waals surface area contributed by atoms with Crippen LogP contribution in [-0.2, 0) is 18.3 Å². The summed E-state index contributed by atoms with van der Waals surface area (Å²) in [7, 11) is 4.42. The van der Waals surface area contributed by atoms with Crippen molar-refractivity contribution in [1.29, 1.82) is 0 Å². The number of nitrogens with zero attached hydrogens (tertiary/aromatic N) is 1. The summed E-state index contributed by atoms with van der Waals surface area (Å²) in [5.41, 5.74) is 4.89. The van der Waals surface area contributed by atoms with Crippen molar-refractivity contribution in [3.05, 3.63) is 34.9 Å². The van der Waals surface area contributed by atoms with Crippen molar-refractivity contribution in [3.8, 4) is 0 Å². The third-order valence-electron chi connectivity index (χ3n) is 4.24. The number of likely N-dealkylation sites (N-methyl/N-ethyl adjacent to an activating group) is 1. The molecule has 1 aromatic carbocycles. The van der Waals surface area contributed by atoms with E-state index >= 15 is 0 Å². The summed E-state index contributed by atoms with van der Waals surface area (Å²) >= 11 is 0. The molecule has 1 atom stereocenters. The van der Waals surface area contributed by atoms with E-state index in [4.69, 9.17) is 0 Å². The number of hydrogen-bond acceptors (Lipinski definition) is 1. The van der Waals surface area contributed by atoms with E-state index in [9.17, 15) is 0 Å². The fourth-order valence-corrected chi connectivity index (χ4v) is 2.85. The molecule has 0 saturated carbocycles. The molecular formula is C17H27N. The van der Waals surface area contributed by atoms with Gasteiger partial charge in [-0.15, -0.1) is 0 Å². The molecule has 1 aliphatic rings. The molecule has 2 rings (SSSR count). The van der Waals surface area contributed by atoms with Crippen molar-refractivity contribution in [1.82, 2.24) is 4.90 Å². The molecule has 0 amide bonds. The van der Waals surface area contributed by atoms with Crippen molar-refractivity contribution in [2.75, 3.05) is 14.1 Å². The SMILES string of the molecule is CN(C)C1CCCc2ccc(C(C)(C)C)cc2C1. The van der Waals surface area contributed by atoms with Crippen LogP contribution in [0.5, 0.6) is 0 Å². The first-order chi connectivity index (χ1) is 8.38. The summed E-state index contributed by atoms with van der Waals surface area (Å²) in [4.78, 5) is 2.39. The van der Waals surface area contributed by atoms with Crippen molar-refractivity contribution in [2.24, 2.45) is 0 Å². The predicted octanol–water partition coefficient (Wildman–Crippen LogP) is 3.79. The maximum absolute atomic E-state index is 2.46. The van der Waals surface area contributed by atoms with Gasteiger partial charge in [-0.1, -0.05) is 39.0 Å². The minimum Gasteiger partial charge on any atom is -0.306 e. The molecule has 0 saturated heterocycles. The van der Waals surface area contributed by atoms with Crippen LogP contribution < -0.4 is 0 Å². The van der Waals surface area contributed by atoms with Crippen molar-refractivity contribution >= 4 is 0 Å². The van der Waals surface area contributed by atoms with Gasteiger partial charge in [-0.3, -0.25) is 0 Å². The van der Waals surface area contributed by atoms with Crippen molar-refractivity contribution in [2.45, 2.75) is 57.9 Å². The Morgan fingerprint density at radius 2 is 1.83 bits per heavy atom. The maximum atomic E-state index is 2.46. The molecule has 1 heteroatoms. The Morgan fingerprint density at radius 1 is 1.11 bits per heavy atom. The Balaban J connectivity index is 2.33. The molecule has 0 aromatic heterocycles. The summed E-state index contributed by atoms with van der Waals surface area (Å²) in [5, 5.41) is 0. The van der Waals surface area contributed by atoms with E-state index in [1.54, 1.807) is 11.1 Å². The molecule has 1 nitrogen and oxygen atoms in total. The molecule has 1 aliphatic carbocycles. The molecule has 0 aliphatic heterocycles. The largest absolute Gasteiger partial charge is 0.306 e. The van der Waals surface area contributed by atoms with Crippen LogP contribution in [0.1, 0.15) is 50.3 Å². The molecular weight excluding hydrogens is 218 g/mol. The summed E-state index contributed by atoms with van der Waals surface area (Å²) in [5.74, 6) is 0. The Labute approximate surface area is 112 Å². The number of hydrogen-bond donors (Lipinski definition) is 0. The number of fused-ring (bicyclic) bond motifs is 1. The Bertz CT molecular complexity index is 412. The molecule has 18 heavy (non-hydrogen) atoms. The summed E-state index contributed by atoms with van der Waals surface area (Å²) in [6, 6.07) is 7.86. The zero-order valence-electron chi connectivity index (χ0n) is 12.6. The van der Waals surface area contributed by atoms with Gasteiger partial charge in [0.15, 0.2) is 0 Å². The first-order valence-electron chi connectivity index (χ1n) is 7.16. The van der Waals surface area contributed by atoms with Crippen LogP contribution in [0.15, 0.2) is 18.2 Å². The number of rotatable bonds is 1. The first-order valence-corrected chi connectivity index (χ1v) is 7.16. The highest BCUT2D eigenvalue weighted by Gasteiger charge is 2.21. The highest BCUT2D eigenvalue weighted by Crippen LogP contribution is 2.28. The third-order valence-corrected chi connectivity index (χ3v) is 4.24. The summed E-state index contributed by atoms with van der Waals surface area (Å²) < 4.78 is 0. The van der Waals surface area contributed by atoms with Gasteiger partial charge in [-0.25, -0.2) is 0 Å². The van der Waals surface area contributed by atoms with E-state index in [2.05, 4.69) is 58.0 Å². The van der Waals surface area contributed by atoms with E-state index in [1.165, 1.54) is 31.2 Å². The van der Waals surface area contributed by atoms with Gasteiger partial charge >= 0.3 is 0 Å². The molecule has 0 radical (unpaired) electrons. The van der Waals surface area contributed by atoms with E-state index in [0.29, 0.717) is 6.04 Å². The predicted molar refractivity (Wildman–Crippen MR) is 79.3 cm³/mol. The van der Waals surface area contributed by atoms with Gasteiger partial charge in [0, 0.05) is 6.04 Å². The van der Waals surface area contributed by atoms with Crippen LogP contribution in [-0.4, -0.2) is 25.0 Å². The fraction of sp³-hybridized carbons (Fsp3) is 0.647. The van der Waals surface area contributed by atoms with Gasteiger partial charge in [0.1, 0.15) is 0 Å². The molecule has 0 spiro atoms. The van der Waals surface area contributed by atoms with Crippen LogP contribution in [0.25, 0.3) is 0 Å². The second-order valence-electron chi connectivity index (χ2n) is 6.95. The summed E-state index contributed by atoms with van der Waals surface area (Å²) in [6.07, 6.45) is 5.12. The Hall–Kier alpha value is -0.820. The normalized spacial score (nSPS) is 20.7.